The van der Waals surface area contributed by atoms with Crippen LogP contribution < -0.4 is 21.7 Å². The van der Waals surface area contributed by atoms with E-state index in [2.05, 4.69) is 16.0 Å². The summed E-state index contributed by atoms with van der Waals surface area (Å²) in [6.07, 6.45) is 1.82. The van der Waals surface area contributed by atoms with E-state index < -0.39 is 29.8 Å². The van der Waals surface area contributed by atoms with Gasteiger partial charge in [0.15, 0.2) is 0 Å². The number of piperidine rings is 1. The molecule has 0 radical (unpaired) electrons. The molecular weight excluding hydrogens is 540 g/mol. The largest absolute Gasteiger partial charge is 0.447 e. The van der Waals surface area contributed by atoms with Crippen molar-refractivity contribution in [3.05, 3.63) is 35.9 Å². The molecule has 2 heterocycles. The van der Waals surface area contributed by atoms with E-state index in [1.54, 1.807) is 9.80 Å². The number of benzene rings is 1. The number of nitrogens with two attached hydrogens (primary N) is 1. The summed E-state index contributed by atoms with van der Waals surface area (Å²) >= 11 is 0. The molecule has 12 heteroatoms. The summed E-state index contributed by atoms with van der Waals surface area (Å²) in [6.45, 7) is 9.38. The van der Waals surface area contributed by atoms with E-state index in [-0.39, 0.29) is 42.5 Å². The van der Waals surface area contributed by atoms with Crippen LogP contribution in [0.5, 0.6) is 0 Å². The molecule has 1 spiro atoms. The van der Waals surface area contributed by atoms with Gasteiger partial charge in [-0.1, -0.05) is 44.2 Å². The molecular formula is C30H46N6O6. The summed E-state index contributed by atoms with van der Waals surface area (Å²) in [4.78, 5) is 66.2. The van der Waals surface area contributed by atoms with Crippen LogP contribution in [0.3, 0.4) is 0 Å². The molecule has 0 bridgehead atoms. The maximum Gasteiger partial charge on any atom is 0.410 e. The lowest BCUT2D eigenvalue weighted by Crippen LogP contribution is -2.62. The van der Waals surface area contributed by atoms with E-state index >= 15 is 0 Å². The van der Waals surface area contributed by atoms with Crippen molar-refractivity contribution in [2.45, 2.75) is 71.6 Å². The molecule has 2 aliphatic heterocycles. The van der Waals surface area contributed by atoms with Gasteiger partial charge in [0.1, 0.15) is 6.04 Å². The Hall–Kier alpha value is -3.67. The van der Waals surface area contributed by atoms with Crippen molar-refractivity contribution in [1.29, 1.82) is 0 Å². The highest BCUT2D eigenvalue weighted by molar-refractivity contribution is 5.92. The second kappa shape index (κ2) is 15.0. The van der Waals surface area contributed by atoms with Gasteiger partial charge in [0.2, 0.25) is 23.6 Å². The SMILES string of the molecule is CC(C)C[C@@H](NC(=O)CNC(=O)[C@H](N)Cc1ccccc1)C(=O)NCC(=O)N1CCC2(CC1)CN(C(=O)OC(C)C)C2. The number of hydrogen-bond acceptors (Lipinski definition) is 7. The van der Waals surface area contributed by atoms with Gasteiger partial charge in [0, 0.05) is 31.6 Å². The zero-order valence-corrected chi connectivity index (χ0v) is 25.2. The highest BCUT2D eigenvalue weighted by Gasteiger charge is 2.47. The van der Waals surface area contributed by atoms with Gasteiger partial charge in [0.25, 0.3) is 0 Å². The summed E-state index contributed by atoms with van der Waals surface area (Å²) in [7, 11) is 0. The van der Waals surface area contributed by atoms with E-state index in [0.29, 0.717) is 39.0 Å². The number of ether oxygens (including phenoxy) is 1. The third-order valence-electron chi connectivity index (χ3n) is 7.66. The van der Waals surface area contributed by atoms with E-state index in [0.717, 1.165) is 18.4 Å². The van der Waals surface area contributed by atoms with Gasteiger partial charge < -0.3 is 36.2 Å². The van der Waals surface area contributed by atoms with Crippen molar-refractivity contribution in [3.8, 4) is 0 Å². The van der Waals surface area contributed by atoms with E-state index in [4.69, 9.17) is 10.5 Å². The lowest BCUT2D eigenvalue weighted by Gasteiger charge is -2.53. The maximum absolute atomic E-state index is 12.9. The summed E-state index contributed by atoms with van der Waals surface area (Å²) < 4.78 is 5.25. The van der Waals surface area contributed by atoms with Crippen molar-refractivity contribution < 1.29 is 28.7 Å². The molecule has 2 fully saturated rings. The smallest absolute Gasteiger partial charge is 0.410 e. The number of hydrogen-bond donors (Lipinski definition) is 4. The number of carbonyl (C=O) groups excluding carboxylic acids is 5. The lowest BCUT2D eigenvalue weighted by atomic mass is 9.72. The van der Waals surface area contributed by atoms with E-state index in [1.807, 2.05) is 58.0 Å². The van der Waals surface area contributed by atoms with Crippen molar-refractivity contribution in [2.75, 3.05) is 39.3 Å². The number of amides is 5. The van der Waals surface area contributed by atoms with Crippen molar-refractivity contribution in [1.82, 2.24) is 25.8 Å². The van der Waals surface area contributed by atoms with E-state index in [9.17, 15) is 24.0 Å². The fourth-order valence-electron chi connectivity index (χ4n) is 5.32. The van der Waals surface area contributed by atoms with Gasteiger partial charge in [-0.3, -0.25) is 19.2 Å². The lowest BCUT2D eigenvalue weighted by molar-refractivity contribution is -0.137. The number of rotatable bonds is 12. The van der Waals surface area contributed by atoms with Crippen molar-refractivity contribution >= 4 is 29.7 Å². The fourth-order valence-corrected chi connectivity index (χ4v) is 5.32. The molecule has 2 atom stereocenters. The molecule has 42 heavy (non-hydrogen) atoms. The van der Waals surface area contributed by atoms with Crippen LogP contribution >= 0.6 is 0 Å². The minimum absolute atomic E-state index is 0.0174. The Bertz CT molecular complexity index is 1090. The quantitative estimate of drug-likeness (QED) is 0.281. The topological polar surface area (TPSA) is 163 Å². The van der Waals surface area contributed by atoms with Gasteiger partial charge >= 0.3 is 6.09 Å². The van der Waals surface area contributed by atoms with Gasteiger partial charge in [-0.2, -0.15) is 0 Å². The number of nitrogens with one attached hydrogen (secondary N) is 3. The predicted octanol–water partition coefficient (Wildman–Crippen LogP) is 0.789. The van der Waals surface area contributed by atoms with Crippen LogP contribution in [0.15, 0.2) is 30.3 Å². The molecule has 0 aliphatic carbocycles. The molecule has 1 aromatic rings. The molecule has 0 aromatic heterocycles. The first-order valence-corrected chi connectivity index (χ1v) is 14.7. The molecule has 5 amide bonds. The molecule has 232 valence electrons. The van der Waals surface area contributed by atoms with Crippen LogP contribution in [-0.2, 0) is 30.3 Å². The van der Waals surface area contributed by atoms with Gasteiger partial charge in [-0.05, 0) is 51.0 Å². The minimum atomic E-state index is -0.851. The Balaban J connectivity index is 1.39. The molecule has 2 aliphatic rings. The third-order valence-corrected chi connectivity index (χ3v) is 7.66. The van der Waals surface area contributed by atoms with Crippen LogP contribution in [0.4, 0.5) is 4.79 Å². The maximum atomic E-state index is 12.9. The Kier molecular flexibility index (Phi) is 11.7. The summed E-state index contributed by atoms with van der Waals surface area (Å²) in [6, 6.07) is 7.68. The Morgan fingerprint density at radius 3 is 2.12 bits per heavy atom. The standard InChI is InChI=1S/C30H46N6O6/c1-20(2)14-24(34-25(37)16-32-27(39)23(31)15-22-8-6-5-7-9-22)28(40)33-17-26(38)35-12-10-30(11-13-35)18-36(19-30)29(41)42-21(3)4/h5-9,20-21,23-24H,10-19,31H2,1-4H3,(H,32,39)(H,33,40)(H,34,37)/t23-,24-/m1/s1. The van der Waals surface area contributed by atoms with Crippen LogP contribution in [0.1, 0.15) is 52.5 Å². The van der Waals surface area contributed by atoms with Crippen molar-refractivity contribution in [2.24, 2.45) is 17.1 Å². The predicted molar refractivity (Wildman–Crippen MR) is 157 cm³/mol. The highest BCUT2D eigenvalue weighted by Crippen LogP contribution is 2.40. The van der Waals surface area contributed by atoms with Crippen molar-refractivity contribution in [3.63, 3.8) is 0 Å². The number of likely N-dealkylation sites (tertiary alicyclic amines) is 2. The second-order valence-corrected chi connectivity index (χ2v) is 12.2. The van der Waals surface area contributed by atoms with Gasteiger partial charge in [-0.15, -0.1) is 0 Å². The second-order valence-electron chi connectivity index (χ2n) is 12.2. The molecule has 0 saturated carbocycles. The summed E-state index contributed by atoms with van der Waals surface area (Å²) in [5.41, 5.74) is 6.91. The van der Waals surface area contributed by atoms with Crippen LogP contribution in [-0.4, -0.2) is 97.0 Å². The number of carbonyl (C=O) groups is 5. The van der Waals surface area contributed by atoms with E-state index in [1.165, 1.54) is 0 Å². The zero-order chi connectivity index (χ0) is 30.9. The third kappa shape index (κ3) is 9.71. The Labute approximate surface area is 248 Å². The molecule has 3 rings (SSSR count). The summed E-state index contributed by atoms with van der Waals surface area (Å²) in [5, 5.41) is 7.87. The average molecular weight is 587 g/mol. The van der Waals surface area contributed by atoms with Crippen LogP contribution in [0, 0.1) is 11.3 Å². The fraction of sp³-hybridized carbons (Fsp3) is 0.633. The summed E-state index contributed by atoms with van der Waals surface area (Å²) in [5.74, 6) is -1.52. The highest BCUT2D eigenvalue weighted by atomic mass is 16.6. The van der Waals surface area contributed by atoms with Gasteiger partial charge in [-0.25, -0.2) is 4.79 Å². The first-order valence-electron chi connectivity index (χ1n) is 14.7. The minimum Gasteiger partial charge on any atom is -0.447 e. The first kappa shape index (κ1) is 32.8. The number of nitrogens with zero attached hydrogens (tertiary/aromatic N) is 2. The Morgan fingerprint density at radius 1 is 0.905 bits per heavy atom. The molecule has 2 saturated heterocycles. The normalized spacial score (nSPS) is 17.3. The Morgan fingerprint density at radius 2 is 1.52 bits per heavy atom. The molecule has 5 N–H and O–H groups in total. The zero-order valence-electron chi connectivity index (χ0n) is 25.2. The first-order chi connectivity index (χ1) is 19.9. The molecule has 12 nitrogen and oxygen atoms in total. The van der Waals surface area contributed by atoms with Crippen LogP contribution in [0.25, 0.3) is 0 Å². The van der Waals surface area contributed by atoms with Crippen LogP contribution in [0.2, 0.25) is 0 Å². The van der Waals surface area contributed by atoms with Gasteiger partial charge in [0.05, 0.1) is 25.2 Å². The molecule has 1 aromatic carbocycles. The monoisotopic (exact) mass is 586 g/mol. The average Bonchev–Trinajstić information content (AvgIpc) is 2.92. The molecule has 0 unspecified atom stereocenters.